The summed E-state index contributed by atoms with van der Waals surface area (Å²) >= 11 is 1.39. The zero-order chi connectivity index (χ0) is 9.84. The summed E-state index contributed by atoms with van der Waals surface area (Å²) in [5.41, 5.74) is 0. The monoisotopic (exact) mass is 200 g/mol. The second-order valence-corrected chi connectivity index (χ2v) is 3.91. The van der Waals surface area contributed by atoms with E-state index in [9.17, 15) is 4.79 Å². The zero-order valence-corrected chi connectivity index (χ0v) is 8.63. The molecule has 1 aromatic rings. The average Bonchev–Trinajstić information content (AvgIpc) is 2.50. The van der Waals surface area contributed by atoms with Crippen molar-refractivity contribution < 1.29 is 4.79 Å². The molecule has 1 N–H and O–H groups in total. The van der Waals surface area contributed by atoms with Gasteiger partial charge in [0.1, 0.15) is 6.33 Å². The molecule has 1 atom stereocenters. The van der Waals surface area contributed by atoms with Gasteiger partial charge in [-0.1, -0.05) is 11.8 Å². The molecule has 1 aromatic heterocycles. The number of nitrogens with one attached hydrogen (secondary N) is 1. The lowest BCUT2D eigenvalue weighted by Crippen LogP contribution is -2.27. The first-order valence-electron chi connectivity index (χ1n) is 3.87. The summed E-state index contributed by atoms with van der Waals surface area (Å²) in [6.07, 6.45) is 1.61. The second-order valence-electron chi connectivity index (χ2n) is 2.60. The highest BCUT2D eigenvalue weighted by Crippen LogP contribution is 2.19. The summed E-state index contributed by atoms with van der Waals surface area (Å²) in [6.45, 7) is 1.83. The van der Waals surface area contributed by atoms with E-state index >= 15 is 0 Å². The number of hydrogen-bond donors (Lipinski definition) is 1. The minimum atomic E-state index is -0.145. The maximum atomic E-state index is 11.2. The molecule has 0 aliphatic rings. The number of carbonyl (C=O) groups excluding carboxylic acids is 1. The van der Waals surface area contributed by atoms with Crippen molar-refractivity contribution in [2.24, 2.45) is 7.05 Å². The van der Waals surface area contributed by atoms with E-state index in [1.807, 2.05) is 14.0 Å². The molecule has 0 aliphatic carbocycles. The van der Waals surface area contributed by atoms with Gasteiger partial charge in [0.15, 0.2) is 5.16 Å². The van der Waals surface area contributed by atoms with Crippen LogP contribution in [-0.4, -0.2) is 33.0 Å². The highest BCUT2D eigenvalue weighted by atomic mass is 32.2. The SMILES string of the molecule is CNC(=O)[C@H](C)Sc1nncn1C. The summed E-state index contributed by atoms with van der Waals surface area (Å²) in [5, 5.41) is 10.8. The van der Waals surface area contributed by atoms with Crippen LogP contribution < -0.4 is 5.32 Å². The molecular formula is C7H12N4OS. The van der Waals surface area contributed by atoms with Crippen molar-refractivity contribution in [1.82, 2.24) is 20.1 Å². The number of carbonyl (C=O) groups is 1. The second kappa shape index (κ2) is 4.27. The van der Waals surface area contributed by atoms with E-state index in [0.29, 0.717) is 0 Å². The van der Waals surface area contributed by atoms with E-state index in [1.54, 1.807) is 17.9 Å². The van der Waals surface area contributed by atoms with Gasteiger partial charge in [-0.05, 0) is 6.92 Å². The first-order chi connectivity index (χ1) is 6.15. The number of hydrogen-bond acceptors (Lipinski definition) is 4. The molecule has 1 rings (SSSR count). The Morgan fingerprint density at radius 1 is 1.77 bits per heavy atom. The molecule has 13 heavy (non-hydrogen) atoms. The third-order valence-electron chi connectivity index (χ3n) is 1.57. The average molecular weight is 200 g/mol. The van der Waals surface area contributed by atoms with Crippen LogP contribution in [0, 0.1) is 0 Å². The van der Waals surface area contributed by atoms with Gasteiger partial charge in [-0.2, -0.15) is 0 Å². The molecule has 0 aliphatic heterocycles. The summed E-state index contributed by atoms with van der Waals surface area (Å²) in [6, 6.07) is 0. The van der Waals surface area contributed by atoms with Crippen LogP contribution in [0.5, 0.6) is 0 Å². The molecule has 0 fully saturated rings. The Balaban J connectivity index is 2.59. The summed E-state index contributed by atoms with van der Waals surface area (Å²) in [4.78, 5) is 11.2. The van der Waals surface area contributed by atoms with Crippen molar-refractivity contribution in [3.05, 3.63) is 6.33 Å². The molecular weight excluding hydrogens is 188 g/mol. The topological polar surface area (TPSA) is 59.8 Å². The van der Waals surface area contributed by atoms with E-state index in [1.165, 1.54) is 11.8 Å². The van der Waals surface area contributed by atoms with Gasteiger partial charge >= 0.3 is 0 Å². The minimum absolute atomic E-state index is 0.00648. The fraction of sp³-hybridized carbons (Fsp3) is 0.571. The third kappa shape index (κ3) is 2.45. The van der Waals surface area contributed by atoms with Gasteiger partial charge in [0.05, 0.1) is 5.25 Å². The van der Waals surface area contributed by atoms with Crippen molar-refractivity contribution >= 4 is 17.7 Å². The lowest BCUT2D eigenvalue weighted by Gasteiger charge is -2.07. The Morgan fingerprint density at radius 2 is 2.46 bits per heavy atom. The fourth-order valence-electron chi connectivity index (χ4n) is 0.794. The summed E-state index contributed by atoms with van der Waals surface area (Å²) < 4.78 is 1.78. The third-order valence-corrected chi connectivity index (χ3v) is 2.72. The standard InChI is InChI=1S/C7H12N4OS/c1-5(6(12)8-2)13-7-10-9-4-11(7)3/h4-5H,1-3H3,(H,8,12)/t5-/m0/s1. The van der Waals surface area contributed by atoms with Gasteiger partial charge in [-0.25, -0.2) is 0 Å². The Kier molecular flexibility index (Phi) is 3.30. The number of aromatic nitrogens is 3. The lowest BCUT2D eigenvalue weighted by atomic mass is 10.4. The molecule has 0 radical (unpaired) electrons. The summed E-state index contributed by atoms with van der Waals surface area (Å²) in [5.74, 6) is -0.00648. The first-order valence-corrected chi connectivity index (χ1v) is 4.75. The first kappa shape index (κ1) is 10.0. The van der Waals surface area contributed by atoms with Crippen LogP contribution in [0.1, 0.15) is 6.92 Å². The van der Waals surface area contributed by atoms with Crippen LogP contribution in [0.3, 0.4) is 0 Å². The molecule has 0 aromatic carbocycles. The highest BCUT2D eigenvalue weighted by molar-refractivity contribution is 8.00. The molecule has 1 amide bonds. The molecule has 0 unspecified atom stereocenters. The normalized spacial score (nSPS) is 12.5. The molecule has 0 saturated carbocycles. The molecule has 5 nitrogen and oxygen atoms in total. The number of rotatable bonds is 3. The molecule has 72 valence electrons. The van der Waals surface area contributed by atoms with Gasteiger partial charge in [-0.3, -0.25) is 4.79 Å². The van der Waals surface area contributed by atoms with Crippen LogP contribution in [0.4, 0.5) is 0 Å². The molecule has 0 saturated heterocycles. The Morgan fingerprint density at radius 3 is 2.92 bits per heavy atom. The maximum absolute atomic E-state index is 11.2. The number of amides is 1. The largest absolute Gasteiger partial charge is 0.358 e. The van der Waals surface area contributed by atoms with Crippen molar-refractivity contribution in [3.63, 3.8) is 0 Å². The van der Waals surface area contributed by atoms with Gasteiger partial charge in [0.2, 0.25) is 5.91 Å². The van der Waals surface area contributed by atoms with E-state index in [-0.39, 0.29) is 11.2 Å². The van der Waals surface area contributed by atoms with Gasteiger partial charge in [0.25, 0.3) is 0 Å². The van der Waals surface area contributed by atoms with Crippen molar-refractivity contribution in [3.8, 4) is 0 Å². The van der Waals surface area contributed by atoms with E-state index < -0.39 is 0 Å². The Labute approximate surface area is 80.9 Å². The van der Waals surface area contributed by atoms with Gasteiger partial charge < -0.3 is 9.88 Å². The number of aryl methyl sites for hydroxylation is 1. The Hall–Kier alpha value is -1.04. The van der Waals surface area contributed by atoms with Gasteiger partial charge in [-0.15, -0.1) is 10.2 Å². The molecule has 0 bridgehead atoms. The number of thioether (sulfide) groups is 1. The summed E-state index contributed by atoms with van der Waals surface area (Å²) in [7, 11) is 3.47. The quantitative estimate of drug-likeness (QED) is 0.700. The van der Waals surface area contributed by atoms with Crippen molar-refractivity contribution in [2.75, 3.05) is 7.05 Å². The van der Waals surface area contributed by atoms with E-state index in [2.05, 4.69) is 15.5 Å². The van der Waals surface area contributed by atoms with E-state index in [4.69, 9.17) is 0 Å². The van der Waals surface area contributed by atoms with Crippen LogP contribution in [0.15, 0.2) is 11.5 Å². The minimum Gasteiger partial charge on any atom is -0.358 e. The van der Waals surface area contributed by atoms with Crippen LogP contribution in [0.2, 0.25) is 0 Å². The Bertz CT molecular complexity index is 298. The lowest BCUT2D eigenvalue weighted by molar-refractivity contribution is -0.119. The van der Waals surface area contributed by atoms with Crippen molar-refractivity contribution in [2.45, 2.75) is 17.3 Å². The highest BCUT2D eigenvalue weighted by Gasteiger charge is 2.14. The van der Waals surface area contributed by atoms with Crippen LogP contribution >= 0.6 is 11.8 Å². The van der Waals surface area contributed by atoms with Crippen LogP contribution in [-0.2, 0) is 11.8 Å². The zero-order valence-electron chi connectivity index (χ0n) is 7.81. The van der Waals surface area contributed by atoms with Crippen molar-refractivity contribution in [1.29, 1.82) is 0 Å². The molecule has 0 spiro atoms. The predicted octanol–water partition coefficient (Wildman–Crippen LogP) is 0.0417. The number of nitrogens with zero attached hydrogens (tertiary/aromatic N) is 3. The van der Waals surface area contributed by atoms with Crippen LogP contribution in [0.25, 0.3) is 0 Å². The van der Waals surface area contributed by atoms with Gasteiger partial charge in [0, 0.05) is 14.1 Å². The molecule has 1 heterocycles. The van der Waals surface area contributed by atoms with E-state index in [0.717, 1.165) is 5.16 Å². The maximum Gasteiger partial charge on any atom is 0.233 e. The molecule has 6 heteroatoms. The predicted molar refractivity (Wildman–Crippen MR) is 50.4 cm³/mol. The fourth-order valence-corrected chi connectivity index (χ4v) is 1.64. The smallest absolute Gasteiger partial charge is 0.233 e.